The Morgan fingerprint density at radius 3 is 2.65 bits per heavy atom. The molecule has 0 N–H and O–H groups in total. The second-order valence-electron chi connectivity index (χ2n) is 3.25. The number of pyridine rings is 1. The van der Waals surface area contributed by atoms with Crippen LogP contribution in [-0.2, 0) is 15.6 Å². The monoisotopic (exact) mass is 280 g/mol. The maximum atomic E-state index is 11.5. The smallest absolute Gasteiger partial charge is 0.310 e. The van der Waals surface area contributed by atoms with Crippen molar-refractivity contribution in [2.45, 2.75) is 13.0 Å². The number of aromatic nitrogens is 1. The van der Waals surface area contributed by atoms with Gasteiger partial charge in [-0.05, 0) is 12.5 Å². The summed E-state index contributed by atoms with van der Waals surface area (Å²) in [6.07, 6.45) is 1.48. The van der Waals surface area contributed by atoms with E-state index in [-0.39, 0.29) is 18.7 Å². The number of hydrogen-bond donors (Lipinski definition) is 0. The van der Waals surface area contributed by atoms with Gasteiger partial charge in [0.1, 0.15) is 0 Å². The normalized spacial score (nSPS) is 11.4. The Balaban J connectivity index is 2.83. The largest absolute Gasteiger partial charge is 0.334 e. The standard InChI is InChI=1S/C8H9ClN2O5S/c9-17(15,16)6-2-5-10-4-1-3-7(8(10)12)11(13)14/h1,3-4H,2,5-6H2. The molecule has 9 heteroatoms. The van der Waals surface area contributed by atoms with Gasteiger partial charge in [-0.1, -0.05) is 0 Å². The van der Waals surface area contributed by atoms with Gasteiger partial charge >= 0.3 is 11.2 Å². The molecule has 94 valence electrons. The number of hydrogen-bond acceptors (Lipinski definition) is 5. The predicted molar refractivity (Wildman–Crippen MR) is 61.6 cm³/mol. The van der Waals surface area contributed by atoms with Crippen LogP contribution < -0.4 is 5.56 Å². The van der Waals surface area contributed by atoms with Crippen LogP contribution in [0, 0.1) is 10.1 Å². The van der Waals surface area contributed by atoms with Gasteiger partial charge in [0.05, 0.1) is 10.7 Å². The highest BCUT2D eigenvalue weighted by atomic mass is 35.7. The summed E-state index contributed by atoms with van der Waals surface area (Å²) in [4.78, 5) is 21.2. The minimum atomic E-state index is -3.61. The van der Waals surface area contributed by atoms with Crippen LogP contribution in [0.5, 0.6) is 0 Å². The first-order chi connectivity index (χ1) is 7.81. The zero-order valence-corrected chi connectivity index (χ0v) is 10.1. The second-order valence-corrected chi connectivity index (χ2v) is 6.14. The van der Waals surface area contributed by atoms with Crippen LogP contribution in [0.2, 0.25) is 0 Å². The molecule has 7 nitrogen and oxygen atoms in total. The van der Waals surface area contributed by atoms with E-state index in [9.17, 15) is 23.3 Å². The quantitative estimate of drug-likeness (QED) is 0.449. The van der Waals surface area contributed by atoms with E-state index in [1.165, 1.54) is 12.3 Å². The minimum Gasteiger partial charge on any atom is -0.310 e. The van der Waals surface area contributed by atoms with Crippen LogP contribution in [0.3, 0.4) is 0 Å². The third-order valence-electron chi connectivity index (χ3n) is 1.98. The zero-order chi connectivity index (χ0) is 13.1. The average Bonchev–Trinajstić information content (AvgIpc) is 2.18. The lowest BCUT2D eigenvalue weighted by atomic mass is 10.4. The number of nitro groups is 1. The van der Waals surface area contributed by atoms with Gasteiger partial charge in [-0.25, -0.2) is 8.42 Å². The SMILES string of the molecule is O=c1c([N+](=O)[O-])cccn1CCCS(=O)(=O)Cl. The molecule has 1 aromatic heterocycles. The first kappa shape index (κ1) is 13.7. The summed E-state index contributed by atoms with van der Waals surface area (Å²) in [6.45, 7) is 0.0620. The molecule has 1 rings (SSSR count). The third-order valence-corrected chi connectivity index (χ3v) is 3.22. The summed E-state index contributed by atoms with van der Waals surface area (Å²) in [5.74, 6) is -0.288. The summed E-state index contributed by atoms with van der Waals surface area (Å²) in [7, 11) is 1.39. The van der Waals surface area contributed by atoms with Crippen molar-refractivity contribution in [3.63, 3.8) is 0 Å². The molecular weight excluding hydrogens is 272 g/mol. The molecular formula is C8H9ClN2O5S. The van der Waals surface area contributed by atoms with E-state index < -0.39 is 25.2 Å². The number of halogens is 1. The van der Waals surface area contributed by atoms with Crippen molar-refractivity contribution in [2.75, 3.05) is 5.75 Å². The average molecular weight is 281 g/mol. The van der Waals surface area contributed by atoms with Crippen LogP contribution in [0.1, 0.15) is 6.42 Å². The molecule has 0 unspecified atom stereocenters. The third kappa shape index (κ3) is 4.16. The maximum absolute atomic E-state index is 11.5. The summed E-state index contributed by atoms with van der Waals surface area (Å²) < 4.78 is 22.4. The Bertz CT molecular complexity index is 580. The number of nitrogens with zero attached hydrogens (tertiary/aromatic N) is 2. The predicted octanol–water partition coefficient (Wildman–Crippen LogP) is 0.715. The van der Waals surface area contributed by atoms with Crippen molar-refractivity contribution < 1.29 is 13.3 Å². The molecule has 0 aliphatic rings. The van der Waals surface area contributed by atoms with Crippen LogP contribution in [-0.4, -0.2) is 23.7 Å². The first-order valence-corrected chi connectivity index (χ1v) is 7.05. The van der Waals surface area contributed by atoms with Gasteiger partial charge in [0, 0.05) is 29.5 Å². The Morgan fingerprint density at radius 2 is 2.12 bits per heavy atom. The first-order valence-electron chi connectivity index (χ1n) is 4.57. The van der Waals surface area contributed by atoms with Crippen LogP contribution in [0.4, 0.5) is 5.69 Å². The fourth-order valence-corrected chi connectivity index (χ4v) is 2.05. The van der Waals surface area contributed by atoms with E-state index in [2.05, 4.69) is 0 Å². The van der Waals surface area contributed by atoms with Crippen molar-refractivity contribution in [1.29, 1.82) is 0 Å². The molecule has 0 aromatic carbocycles. The van der Waals surface area contributed by atoms with Gasteiger partial charge in [-0.3, -0.25) is 14.9 Å². The summed E-state index contributed by atoms with van der Waals surface area (Å²) in [5, 5.41) is 10.5. The lowest BCUT2D eigenvalue weighted by Gasteiger charge is -2.03. The molecule has 0 atom stereocenters. The van der Waals surface area contributed by atoms with Crippen molar-refractivity contribution >= 4 is 25.4 Å². The van der Waals surface area contributed by atoms with E-state index in [0.29, 0.717) is 0 Å². The fourth-order valence-electron chi connectivity index (χ4n) is 1.25. The fraction of sp³-hybridized carbons (Fsp3) is 0.375. The number of aryl methyl sites for hydroxylation is 1. The Morgan fingerprint density at radius 1 is 1.47 bits per heavy atom. The highest BCUT2D eigenvalue weighted by Gasteiger charge is 2.13. The lowest BCUT2D eigenvalue weighted by molar-refractivity contribution is -0.386. The van der Waals surface area contributed by atoms with Crippen molar-refractivity contribution in [1.82, 2.24) is 4.57 Å². The molecule has 1 heterocycles. The molecule has 17 heavy (non-hydrogen) atoms. The molecule has 0 spiro atoms. The van der Waals surface area contributed by atoms with Crippen LogP contribution >= 0.6 is 10.7 Å². The van der Waals surface area contributed by atoms with Crippen molar-refractivity contribution in [2.24, 2.45) is 0 Å². The van der Waals surface area contributed by atoms with Gasteiger partial charge < -0.3 is 4.57 Å². The maximum Gasteiger partial charge on any atom is 0.334 e. The molecule has 0 radical (unpaired) electrons. The molecule has 1 aromatic rings. The lowest BCUT2D eigenvalue weighted by Crippen LogP contribution is -2.22. The summed E-state index contributed by atoms with van der Waals surface area (Å²) in [5.41, 5.74) is -1.30. The van der Waals surface area contributed by atoms with E-state index in [1.807, 2.05) is 0 Å². The second kappa shape index (κ2) is 5.28. The van der Waals surface area contributed by atoms with Gasteiger partial charge in [0.15, 0.2) is 0 Å². The summed E-state index contributed by atoms with van der Waals surface area (Å²) in [6, 6.07) is 2.45. The molecule has 0 aliphatic heterocycles. The van der Waals surface area contributed by atoms with Gasteiger partial charge in [-0.15, -0.1) is 0 Å². The van der Waals surface area contributed by atoms with Gasteiger partial charge in [-0.2, -0.15) is 0 Å². The topological polar surface area (TPSA) is 99.3 Å². The van der Waals surface area contributed by atoms with E-state index in [1.54, 1.807) is 0 Å². The molecule has 0 fully saturated rings. The molecule has 0 saturated carbocycles. The Labute approximate surface area is 101 Å². The zero-order valence-electron chi connectivity index (χ0n) is 8.58. The molecule has 0 bridgehead atoms. The van der Waals surface area contributed by atoms with E-state index >= 15 is 0 Å². The van der Waals surface area contributed by atoms with Gasteiger partial charge in [0.2, 0.25) is 9.05 Å². The van der Waals surface area contributed by atoms with Crippen molar-refractivity contribution in [3.8, 4) is 0 Å². The van der Waals surface area contributed by atoms with Crippen LogP contribution in [0.15, 0.2) is 23.1 Å². The Hall–Kier alpha value is -1.41. The Kier molecular flexibility index (Phi) is 4.24. The molecule has 0 saturated heterocycles. The van der Waals surface area contributed by atoms with Gasteiger partial charge in [0.25, 0.3) is 0 Å². The highest BCUT2D eigenvalue weighted by Crippen LogP contribution is 2.04. The minimum absolute atomic E-state index is 0.0620. The van der Waals surface area contributed by atoms with Crippen LogP contribution in [0.25, 0.3) is 0 Å². The number of rotatable bonds is 5. The highest BCUT2D eigenvalue weighted by molar-refractivity contribution is 8.13. The van der Waals surface area contributed by atoms with E-state index in [0.717, 1.165) is 10.6 Å². The summed E-state index contributed by atoms with van der Waals surface area (Å²) >= 11 is 0. The molecule has 0 aliphatic carbocycles. The van der Waals surface area contributed by atoms with Crippen molar-refractivity contribution in [3.05, 3.63) is 38.8 Å². The molecule has 0 amide bonds. The van der Waals surface area contributed by atoms with E-state index in [4.69, 9.17) is 10.7 Å².